The van der Waals surface area contributed by atoms with Crippen LogP contribution in [-0.2, 0) is 14.3 Å². The third-order valence-electron chi connectivity index (χ3n) is 3.13. The van der Waals surface area contributed by atoms with Gasteiger partial charge >= 0.3 is 12.0 Å². The number of carboxylic acids is 1. The molecule has 0 aliphatic carbocycles. The van der Waals surface area contributed by atoms with Gasteiger partial charge in [0.05, 0.1) is 13.2 Å². The van der Waals surface area contributed by atoms with E-state index in [2.05, 4.69) is 5.32 Å². The Kier molecular flexibility index (Phi) is 5.32. The van der Waals surface area contributed by atoms with Gasteiger partial charge in [0.1, 0.15) is 6.04 Å². The smallest absolute Gasteiger partial charge is 0.318 e. The molecule has 1 fully saturated rings. The molecule has 0 bridgehead atoms. The molecular weight excluding hydrogens is 266 g/mol. The van der Waals surface area contributed by atoms with Gasteiger partial charge < -0.3 is 25.8 Å². The Hall–Kier alpha value is -1.83. The van der Waals surface area contributed by atoms with Crippen molar-refractivity contribution in [3.05, 3.63) is 0 Å². The van der Waals surface area contributed by atoms with Crippen LogP contribution in [0, 0.1) is 0 Å². The summed E-state index contributed by atoms with van der Waals surface area (Å²) in [7, 11) is 0. The van der Waals surface area contributed by atoms with Gasteiger partial charge in [-0.05, 0) is 20.3 Å². The highest BCUT2D eigenvalue weighted by molar-refractivity contribution is 5.86. The molecule has 1 saturated heterocycles. The fraction of sp³-hybridized carbons (Fsp3) is 0.750. The van der Waals surface area contributed by atoms with E-state index in [1.54, 1.807) is 13.8 Å². The predicted octanol–water partition coefficient (Wildman–Crippen LogP) is -0.474. The molecule has 1 heterocycles. The number of nitrogens with one attached hydrogen (secondary N) is 1. The van der Waals surface area contributed by atoms with E-state index < -0.39 is 29.5 Å². The summed E-state index contributed by atoms with van der Waals surface area (Å²) in [6.45, 7) is 4.15. The van der Waals surface area contributed by atoms with Gasteiger partial charge in [-0.2, -0.15) is 0 Å². The number of urea groups is 1. The van der Waals surface area contributed by atoms with E-state index in [9.17, 15) is 14.4 Å². The van der Waals surface area contributed by atoms with Crippen LogP contribution in [-0.4, -0.2) is 59.3 Å². The number of hydrogen-bond acceptors (Lipinski definition) is 4. The van der Waals surface area contributed by atoms with Crippen LogP contribution in [0.2, 0.25) is 0 Å². The van der Waals surface area contributed by atoms with Crippen LogP contribution >= 0.6 is 0 Å². The highest BCUT2D eigenvalue weighted by Crippen LogP contribution is 2.14. The lowest BCUT2D eigenvalue weighted by molar-refractivity contribution is -0.137. The van der Waals surface area contributed by atoms with Crippen LogP contribution < -0.4 is 11.1 Å². The molecule has 1 rings (SSSR count). The second-order valence-corrected chi connectivity index (χ2v) is 5.39. The molecule has 8 nitrogen and oxygen atoms in total. The monoisotopic (exact) mass is 287 g/mol. The number of amides is 3. The lowest BCUT2D eigenvalue weighted by Crippen LogP contribution is -2.60. The van der Waals surface area contributed by atoms with Crippen molar-refractivity contribution in [1.82, 2.24) is 10.2 Å². The molecule has 20 heavy (non-hydrogen) atoms. The van der Waals surface area contributed by atoms with Crippen LogP contribution in [0.15, 0.2) is 0 Å². The van der Waals surface area contributed by atoms with Crippen molar-refractivity contribution in [2.75, 3.05) is 19.8 Å². The largest absolute Gasteiger partial charge is 0.481 e. The normalized spacial score (nSPS) is 19.5. The summed E-state index contributed by atoms with van der Waals surface area (Å²) in [5.74, 6) is -1.54. The minimum atomic E-state index is -0.922. The minimum Gasteiger partial charge on any atom is -0.481 e. The van der Waals surface area contributed by atoms with E-state index in [1.165, 1.54) is 4.90 Å². The summed E-state index contributed by atoms with van der Waals surface area (Å²) in [5, 5.41) is 11.4. The Morgan fingerprint density at radius 1 is 1.45 bits per heavy atom. The maximum atomic E-state index is 12.2. The third-order valence-corrected chi connectivity index (χ3v) is 3.13. The van der Waals surface area contributed by atoms with Crippen molar-refractivity contribution >= 4 is 17.9 Å². The minimum absolute atomic E-state index is 0.0460. The van der Waals surface area contributed by atoms with Gasteiger partial charge in [-0.1, -0.05) is 0 Å². The van der Waals surface area contributed by atoms with Gasteiger partial charge in [-0.15, -0.1) is 0 Å². The number of primary amides is 1. The van der Waals surface area contributed by atoms with E-state index >= 15 is 0 Å². The second kappa shape index (κ2) is 6.56. The zero-order valence-electron chi connectivity index (χ0n) is 11.7. The van der Waals surface area contributed by atoms with E-state index in [4.69, 9.17) is 15.6 Å². The first kappa shape index (κ1) is 16.2. The first-order valence-corrected chi connectivity index (χ1v) is 6.40. The van der Waals surface area contributed by atoms with Crippen LogP contribution in [0.5, 0.6) is 0 Å². The van der Waals surface area contributed by atoms with Gasteiger partial charge in [0.15, 0.2) is 0 Å². The van der Waals surface area contributed by atoms with Gasteiger partial charge in [0, 0.05) is 18.5 Å². The van der Waals surface area contributed by atoms with Crippen LogP contribution in [0.1, 0.15) is 26.7 Å². The molecule has 3 amide bonds. The summed E-state index contributed by atoms with van der Waals surface area (Å²) >= 11 is 0. The van der Waals surface area contributed by atoms with Crippen molar-refractivity contribution in [1.29, 1.82) is 0 Å². The van der Waals surface area contributed by atoms with Crippen molar-refractivity contribution in [3.63, 3.8) is 0 Å². The molecule has 0 aromatic heterocycles. The van der Waals surface area contributed by atoms with Crippen molar-refractivity contribution in [2.45, 2.75) is 38.3 Å². The molecular formula is C12H21N3O5. The van der Waals surface area contributed by atoms with E-state index in [0.717, 1.165) is 0 Å². The molecule has 0 aromatic carbocycles. The fourth-order valence-electron chi connectivity index (χ4n) is 1.93. The molecule has 1 aliphatic rings. The van der Waals surface area contributed by atoms with Crippen molar-refractivity contribution < 1.29 is 24.2 Å². The number of ether oxygens (including phenoxy) is 1. The number of carboxylic acid groups (broad SMARTS) is 1. The average molecular weight is 287 g/mol. The molecule has 114 valence electrons. The summed E-state index contributed by atoms with van der Waals surface area (Å²) < 4.78 is 5.13. The Bertz CT molecular complexity index is 397. The lowest BCUT2D eigenvalue weighted by Gasteiger charge is -2.36. The summed E-state index contributed by atoms with van der Waals surface area (Å²) in [6.07, 6.45) is 0.245. The average Bonchev–Trinajstić information content (AvgIpc) is 2.36. The van der Waals surface area contributed by atoms with Crippen LogP contribution in [0.4, 0.5) is 4.79 Å². The number of aliphatic carboxylic acids is 1. The zero-order chi connectivity index (χ0) is 15.3. The number of morpholine rings is 1. The molecule has 4 N–H and O–H groups in total. The van der Waals surface area contributed by atoms with Crippen LogP contribution in [0.25, 0.3) is 0 Å². The number of carbonyl (C=O) groups excluding carboxylic acids is 2. The Morgan fingerprint density at radius 2 is 2.10 bits per heavy atom. The fourth-order valence-corrected chi connectivity index (χ4v) is 1.93. The number of rotatable bonds is 5. The first-order chi connectivity index (χ1) is 9.23. The first-order valence-electron chi connectivity index (χ1n) is 6.40. The summed E-state index contributed by atoms with van der Waals surface area (Å²) in [4.78, 5) is 35.4. The Morgan fingerprint density at radius 3 is 2.65 bits per heavy atom. The van der Waals surface area contributed by atoms with Crippen molar-refractivity contribution in [3.8, 4) is 0 Å². The standard InChI is InChI=1S/C12H21N3O5/c1-12(2,4-3-9(16)17)14-11(19)15-5-6-20-7-8(15)10(13)18/h8H,3-7H2,1-2H3,(H2,13,18)(H,14,19)(H,16,17). The number of nitrogens with zero attached hydrogens (tertiary/aromatic N) is 1. The second-order valence-electron chi connectivity index (χ2n) is 5.39. The van der Waals surface area contributed by atoms with Gasteiger partial charge in [0.25, 0.3) is 0 Å². The summed E-state index contributed by atoms with van der Waals surface area (Å²) in [6, 6.07) is -1.23. The Labute approximate surface area is 117 Å². The SMILES string of the molecule is CC(C)(CCC(=O)O)NC(=O)N1CCOCC1C(N)=O. The van der Waals surface area contributed by atoms with Crippen molar-refractivity contribution in [2.24, 2.45) is 5.73 Å². The van der Waals surface area contributed by atoms with Gasteiger partial charge in [-0.25, -0.2) is 4.79 Å². The maximum absolute atomic E-state index is 12.2. The van der Waals surface area contributed by atoms with E-state index in [1.807, 2.05) is 0 Å². The maximum Gasteiger partial charge on any atom is 0.318 e. The van der Waals surface area contributed by atoms with Crippen LogP contribution in [0.3, 0.4) is 0 Å². The molecule has 0 aromatic rings. The number of carbonyl (C=O) groups is 3. The molecule has 0 saturated carbocycles. The van der Waals surface area contributed by atoms with E-state index in [0.29, 0.717) is 13.0 Å². The molecule has 1 atom stereocenters. The van der Waals surface area contributed by atoms with Gasteiger partial charge in [-0.3, -0.25) is 9.59 Å². The molecule has 0 radical (unpaired) electrons. The number of nitrogens with two attached hydrogens (primary N) is 1. The highest BCUT2D eigenvalue weighted by atomic mass is 16.5. The summed E-state index contributed by atoms with van der Waals surface area (Å²) in [5.41, 5.74) is 4.55. The van der Waals surface area contributed by atoms with E-state index in [-0.39, 0.29) is 19.6 Å². The Balaban J connectivity index is 2.63. The number of hydrogen-bond donors (Lipinski definition) is 3. The highest BCUT2D eigenvalue weighted by Gasteiger charge is 2.33. The third kappa shape index (κ3) is 4.69. The zero-order valence-corrected chi connectivity index (χ0v) is 11.7. The molecule has 8 heteroatoms. The predicted molar refractivity (Wildman–Crippen MR) is 70.0 cm³/mol. The quantitative estimate of drug-likeness (QED) is 0.630. The lowest BCUT2D eigenvalue weighted by atomic mass is 9.98. The molecule has 1 aliphatic heterocycles. The topological polar surface area (TPSA) is 122 Å². The molecule has 0 spiro atoms. The van der Waals surface area contributed by atoms with Gasteiger partial charge in [0.2, 0.25) is 5.91 Å². The molecule has 1 unspecified atom stereocenters.